The van der Waals surface area contributed by atoms with E-state index in [9.17, 15) is 19.5 Å². The Morgan fingerprint density at radius 2 is 2.13 bits per heavy atom. The second-order valence-corrected chi connectivity index (χ2v) is 9.70. The number of nitrogens with two attached hydrogens (primary N) is 1. The number of aromatic nitrogens is 2. The van der Waals surface area contributed by atoms with Crippen LogP contribution in [0.2, 0.25) is 0 Å². The van der Waals surface area contributed by atoms with E-state index in [4.69, 9.17) is 5.73 Å². The van der Waals surface area contributed by atoms with E-state index in [0.717, 1.165) is 4.34 Å². The number of carbonyl (C=O) groups excluding carboxylic acids is 2. The third kappa shape index (κ3) is 3.95. The molecule has 4 rings (SSSR count). The fourth-order valence-electron chi connectivity index (χ4n) is 3.22. The molecule has 1 fully saturated rings. The lowest BCUT2D eigenvalue weighted by Gasteiger charge is -2.49. The number of fused-ring (bicyclic) bond motifs is 1. The van der Waals surface area contributed by atoms with Crippen LogP contribution in [0.5, 0.6) is 0 Å². The minimum absolute atomic E-state index is 0.0152. The molecule has 3 heterocycles. The zero-order chi connectivity index (χ0) is 21.3. The number of carbonyl (C=O) groups is 3. The second-order valence-electron chi connectivity index (χ2n) is 6.54. The Hall–Kier alpha value is -2.41. The summed E-state index contributed by atoms with van der Waals surface area (Å²) in [6.07, 6.45) is 0. The van der Waals surface area contributed by atoms with Crippen LogP contribution in [0.3, 0.4) is 0 Å². The van der Waals surface area contributed by atoms with Gasteiger partial charge < -0.3 is 16.2 Å². The van der Waals surface area contributed by atoms with E-state index in [-0.39, 0.29) is 5.70 Å². The molecular weight excluding hydrogens is 446 g/mol. The summed E-state index contributed by atoms with van der Waals surface area (Å²) in [6.45, 7) is 0. The molecule has 1 saturated heterocycles. The van der Waals surface area contributed by atoms with Crippen molar-refractivity contribution in [1.82, 2.24) is 20.4 Å². The van der Waals surface area contributed by atoms with E-state index in [1.165, 1.54) is 39.8 Å². The lowest BCUT2D eigenvalue weighted by atomic mass is 10.0. The molecule has 4 N–H and O–H groups in total. The van der Waals surface area contributed by atoms with Crippen LogP contribution in [-0.2, 0) is 14.4 Å². The number of carboxylic acid groups (broad SMARTS) is 1. The number of amides is 2. The highest BCUT2D eigenvalue weighted by molar-refractivity contribution is 8.01. The summed E-state index contributed by atoms with van der Waals surface area (Å²) in [5.74, 6) is -1.24. The summed E-state index contributed by atoms with van der Waals surface area (Å²) in [7, 11) is 0. The number of benzene rings is 1. The number of β-lactam (4-membered cyclic amide) rings is 1. The maximum atomic E-state index is 12.7. The lowest BCUT2D eigenvalue weighted by molar-refractivity contribution is -0.150. The van der Waals surface area contributed by atoms with Gasteiger partial charge >= 0.3 is 5.97 Å². The molecule has 2 amide bonds. The molecule has 0 radical (unpaired) electrons. The third-order valence-electron chi connectivity index (χ3n) is 4.70. The van der Waals surface area contributed by atoms with Crippen LogP contribution in [0.1, 0.15) is 11.6 Å². The third-order valence-corrected chi connectivity index (χ3v) is 7.98. The molecule has 0 spiro atoms. The Morgan fingerprint density at radius 1 is 1.37 bits per heavy atom. The van der Waals surface area contributed by atoms with Gasteiger partial charge in [0.2, 0.25) is 5.91 Å². The number of carboxylic acids is 1. The molecule has 2 aliphatic heterocycles. The van der Waals surface area contributed by atoms with Gasteiger partial charge in [-0.1, -0.05) is 53.4 Å². The van der Waals surface area contributed by atoms with Gasteiger partial charge in [-0.25, -0.2) is 4.79 Å². The summed E-state index contributed by atoms with van der Waals surface area (Å²) in [5.41, 5.74) is 8.87. The molecule has 30 heavy (non-hydrogen) atoms. The first-order valence-corrected chi connectivity index (χ1v) is 11.8. The first-order valence-electron chi connectivity index (χ1n) is 8.87. The molecule has 2 aromatic rings. The number of hydrogen-bond donors (Lipinski definition) is 3. The van der Waals surface area contributed by atoms with Gasteiger partial charge in [-0.3, -0.25) is 14.5 Å². The van der Waals surface area contributed by atoms with Crippen molar-refractivity contribution in [1.29, 1.82) is 0 Å². The van der Waals surface area contributed by atoms with Gasteiger partial charge in [0, 0.05) is 11.5 Å². The average molecular weight is 464 g/mol. The highest BCUT2D eigenvalue weighted by Crippen LogP contribution is 2.41. The molecule has 9 nitrogen and oxygen atoms in total. The van der Waals surface area contributed by atoms with Gasteiger partial charge in [-0.2, -0.15) is 0 Å². The Balaban J connectivity index is 1.46. The Bertz CT molecular complexity index is 999. The van der Waals surface area contributed by atoms with E-state index in [1.54, 1.807) is 29.8 Å². The number of rotatable bonds is 7. The maximum absolute atomic E-state index is 12.7. The molecule has 0 bridgehead atoms. The highest BCUT2D eigenvalue weighted by Gasteiger charge is 2.54. The molecule has 1 aromatic heterocycles. The van der Waals surface area contributed by atoms with Crippen molar-refractivity contribution in [2.75, 3.05) is 11.5 Å². The number of nitrogens with zero attached hydrogens (tertiary/aromatic N) is 3. The Kier molecular flexibility index (Phi) is 6.09. The van der Waals surface area contributed by atoms with Gasteiger partial charge in [0.1, 0.15) is 28.7 Å². The fourth-order valence-corrected chi connectivity index (χ4v) is 6.20. The molecule has 2 unspecified atom stereocenters. The molecule has 0 saturated carbocycles. The quantitative estimate of drug-likeness (QED) is 0.406. The number of thioether (sulfide) groups is 2. The van der Waals surface area contributed by atoms with Crippen molar-refractivity contribution in [2.45, 2.75) is 21.8 Å². The van der Waals surface area contributed by atoms with E-state index >= 15 is 0 Å². The molecule has 1 aromatic carbocycles. The van der Waals surface area contributed by atoms with Gasteiger partial charge in [0.05, 0.1) is 0 Å². The van der Waals surface area contributed by atoms with Crippen molar-refractivity contribution in [3.63, 3.8) is 0 Å². The van der Waals surface area contributed by atoms with Crippen LogP contribution in [0, 0.1) is 0 Å². The van der Waals surface area contributed by atoms with Crippen molar-refractivity contribution in [2.24, 2.45) is 5.73 Å². The topological polar surface area (TPSA) is 139 Å². The number of aliphatic carboxylic acids is 1. The standard InChI is InChI=1S/C18H17N5O4S3/c19-11(9-4-2-1-3-5-9)14(24)21-12-15(25)23-13(17(26)27)10(6-28-16(12)23)7-29-18-22-20-8-30-18/h1-5,8,11-12,16H,6-7,19H2,(H,21,24)(H,26,27)/t11?,12?,16-/m0/s1. The minimum Gasteiger partial charge on any atom is -0.477 e. The summed E-state index contributed by atoms with van der Waals surface area (Å²) >= 11 is 4.17. The van der Waals surface area contributed by atoms with Gasteiger partial charge in [-0.05, 0) is 11.1 Å². The molecule has 2 aliphatic rings. The van der Waals surface area contributed by atoms with Gasteiger partial charge in [0.25, 0.3) is 5.91 Å². The van der Waals surface area contributed by atoms with E-state index < -0.39 is 35.2 Å². The van der Waals surface area contributed by atoms with Crippen LogP contribution in [0.4, 0.5) is 0 Å². The highest BCUT2D eigenvalue weighted by atomic mass is 32.2. The van der Waals surface area contributed by atoms with Crippen LogP contribution in [0.25, 0.3) is 0 Å². The predicted octanol–water partition coefficient (Wildman–Crippen LogP) is 1.07. The van der Waals surface area contributed by atoms with Crippen LogP contribution >= 0.6 is 34.9 Å². The molecular formula is C18H17N5O4S3. The molecule has 156 valence electrons. The predicted molar refractivity (Wildman–Crippen MR) is 114 cm³/mol. The van der Waals surface area contributed by atoms with Crippen molar-refractivity contribution >= 4 is 52.6 Å². The normalized spacial score (nSPS) is 21.6. The Morgan fingerprint density at radius 3 is 2.80 bits per heavy atom. The number of hydrogen-bond acceptors (Lipinski definition) is 9. The van der Waals surface area contributed by atoms with Crippen molar-refractivity contribution in [3.8, 4) is 0 Å². The monoisotopic (exact) mass is 463 g/mol. The molecule has 3 atom stereocenters. The average Bonchev–Trinajstić information content (AvgIpc) is 3.28. The minimum atomic E-state index is -1.16. The van der Waals surface area contributed by atoms with Crippen molar-refractivity contribution in [3.05, 3.63) is 52.7 Å². The van der Waals surface area contributed by atoms with E-state index in [1.807, 2.05) is 6.07 Å². The Labute approximate surface area is 184 Å². The van der Waals surface area contributed by atoms with Crippen LogP contribution in [-0.4, -0.2) is 60.9 Å². The fraction of sp³-hybridized carbons (Fsp3) is 0.278. The summed E-state index contributed by atoms with van der Waals surface area (Å²) in [6, 6.07) is 7.14. The zero-order valence-corrected chi connectivity index (χ0v) is 17.9. The second kappa shape index (κ2) is 8.76. The number of nitrogens with one attached hydrogen (secondary N) is 1. The SMILES string of the molecule is NC(C(=O)NC1C(=O)N2C(C(=O)O)=C(CSc3nncs3)CS[C@@H]12)c1ccccc1. The summed E-state index contributed by atoms with van der Waals surface area (Å²) in [5, 5.41) is 19.6. The van der Waals surface area contributed by atoms with Crippen LogP contribution in [0.15, 0.2) is 51.5 Å². The molecule has 12 heteroatoms. The molecule has 0 aliphatic carbocycles. The summed E-state index contributed by atoms with van der Waals surface area (Å²) < 4.78 is 0.731. The lowest BCUT2D eigenvalue weighted by Crippen LogP contribution is -2.71. The first kappa shape index (κ1) is 20.8. The first-order chi connectivity index (χ1) is 14.5. The maximum Gasteiger partial charge on any atom is 0.352 e. The van der Waals surface area contributed by atoms with Crippen molar-refractivity contribution < 1.29 is 19.5 Å². The smallest absolute Gasteiger partial charge is 0.352 e. The summed E-state index contributed by atoms with van der Waals surface area (Å²) in [4.78, 5) is 38.4. The zero-order valence-electron chi connectivity index (χ0n) is 15.4. The van der Waals surface area contributed by atoms with Crippen LogP contribution < -0.4 is 11.1 Å². The van der Waals surface area contributed by atoms with E-state index in [0.29, 0.717) is 22.6 Å². The van der Waals surface area contributed by atoms with Gasteiger partial charge in [-0.15, -0.1) is 22.0 Å². The largest absolute Gasteiger partial charge is 0.477 e. The van der Waals surface area contributed by atoms with E-state index in [2.05, 4.69) is 15.5 Å². The van der Waals surface area contributed by atoms with Gasteiger partial charge in [0.15, 0.2) is 4.34 Å².